The Labute approximate surface area is 168 Å². The van der Waals surface area contributed by atoms with Gasteiger partial charge in [-0.15, -0.1) is 0 Å². The van der Waals surface area contributed by atoms with Crippen molar-refractivity contribution in [3.05, 3.63) is 114 Å². The highest BCUT2D eigenvalue weighted by Crippen LogP contribution is 2.25. The molecule has 1 aliphatic heterocycles. The Balaban J connectivity index is 1.44. The molecule has 1 atom stereocenters. The van der Waals surface area contributed by atoms with Gasteiger partial charge in [0.25, 0.3) is 0 Å². The smallest absolute Gasteiger partial charge is 0.0535 e. The summed E-state index contributed by atoms with van der Waals surface area (Å²) in [6.07, 6.45) is 4.62. The number of hydrogen-bond donors (Lipinski definition) is 0. The van der Waals surface area contributed by atoms with Crippen molar-refractivity contribution in [3.8, 4) is 0 Å². The van der Waals surface area contributed by atoms with Crippen molar-refractivity contribution in [1.29, 1.82) is 0 Å². The van der Waals surface area contributed by atoms with Crippen LogP contribution in [-0.4, -0.2) is 36.0 Å². The molecule has 3 aromatic carbocycles. The van der Waals surface area contributed by atoms with E-state index in [1.807, 2.05) is 0 Å². The SMILES string of the molecule is C(=C\C(c1ccccc1)N1CCN(Cc2ccccc2)CC1)/c1ccccc1. The van der Waals surface area contributed by atoms with Crippen LogP contribution in [0.25, 0.3) is 6.08 Å². The lowest BCUT2D eigenvalue weighted by molar-refractivity contribution is 0.107. The molecule has 0 N–H and O–H groups in total. The number of piperazine rings is 1. The maximum atomic E-state index is 2.61. The van der Waals surface area contributed by atoms with Crippen LogP contribution >= 0.6 is 0 Å². The summed E-state index contributed by atoms with van der Waals surface area (Å²) in [6.45, 7) is 5.44. The van der Waals surface area contributed by atoms with Gasteiger partial charge in [-0.1, -0.05) is 103 Å². The minimum absolute atomic E-state index is 0.320. The minimum atomic E-state index is 0.320. The summed E-state index contributed by atoms with van der Waals surface area (Å²) in [4.78, 5) is 5.17. The zero-order chi connectivity index (χ0) is 19.0. The molecule has 1 fully saturated rings. The van der Waals surface area contributed by atoms with Crippen LogP contribution in [0, 0.1) is 0 Å². The first-order valence-electron chi connectivity index (χ1n) is 10.2. The van der Waals surface area contributed by atoms with Crippen molar-refractivity contribution in [2.75, 3.05) is 26.2 Å². The summed E-state index contributed by atoms with van der Waals surface area (Å²) < 4.78 is 0. The third-order valence-electron chi connectivity index (χ3n) is 5.46. The summed E-state index contributed by atoms with van der Waals surface area (Å²) >= 11 is 0. The van der Waals surface area contributed by atoms with Crippen molar-refractivity contribution < 1.29 is 0 Å². The van der Waals surface area contributed by atoms with E-state index < -0.39 is 0 Å². The first-order valence-corrected chi connectivity index (χ1v) is 10.2. The van der Waals surface area contributed by atoms with Gasteiger partial charge in [-0.25, -0.2) is 0 Å². The van der Waals surface area contributed by atoms with E-state index in [2.05, 4.69) is 113 Å². The number of rotatable bonds is 6. The molecule has 0 radical (unpaired) electrons. The topological polar surface area (TPSA) is 6.48 Å². The Morgan fingerprint density at radius 2 is 1.25 bits per heavy atom. The van der Waals surface area contributed by atoms with E-state index in [0.29, 0.717) is 6.04 Å². The Hall–Kier alpha value is -2.68. The molecule has 0 aromatic heterocycles. The standard InChI is InChI=1S/C26H28N2/c1-4-10-23(11-5-1)16-17-26(25-14-8-3-9-15-25)28-20-18-27(19-21-28)22-24-12-6-2-7-13-24/h1-17,26H,18-22H2/b17-16+. The largest absolute Gasteiger partial charge is 0.297 e. The molecule has 0 spiro atoms. The van der Waals surface area contributed by atoms with Crippen LogP contribution in [0.5, 0.6) is 0 Å². The summed E-state index contributed by atoms with van der Waals surface area (Å²) in [7, 11) is 0. The number of hydrogen-bond acceptors (Lipinski definition) is 2. The van der Waals surface area contributed by atoms with E-state index in [1.165, 1.54) is 16.7 Å². The van der Waals surface area contributed by atoms with Gasteiger partial charge in [0.15, 0.2) is 0 Å². The van der Waals surface area contributed by atoms with Gasteiger partial charge < -0.3 is 0 Å². The summed E-state index contributed by atoms with van der Waals surface area (Å²) in [5, 5.41) is 0. The molecule has 0 aliphatic carbocycles. The van der Waals surface area contributed by atoms with Gasteiger partial charge in [0.2, 0.25) is 0 Å². The minimum Gasteiger partial charge on any atom is -0.297 e. The zero-order valence-corrected chi connectivity index (χ0v) is 16.3. The first-order chi connectivity index (χ1) is 13.9. The zero-order valence-electron chi connectivity index (χ0n) is 16.3. The van der Waals surface area contributed by atoms with Gasteiger partial charge in [-0.05, 0) is 16.7 Å². The lowest BCUT2D eigenvalue weighted by Crippen LogP contribution is -2.46. The maximum absolute atomic E-state index is 2.61. The van der Waals surface area contributed by atoms with Gasteiger partial charge in [0, 0.05) is 32.7 Å². The lowest BCUT2D eigenvalue weighted by Gasteiger charge is -2.38. The van der Waals surface area contributed by atoms with Crippen LogP contribution in [0.3, 0.4) is 0 Å². The van der Waals surface area contributed by atoms with Gasteiger partial charge in [0.1, 0.15) is 0 Å². The molecule has 1 heterocycles. The molecule has 1 saturated heterocycles. The van der Waals surface area contributed by atoms with Crippen molar-refractivity contribution in [2.45, 2.75) is 12.6 Å². The van der Waals surface area contributed by atoms with Crippen LogP contribution in [0.1, 0.15) is 22.7 Å². The van der Waals surface area contributed by atoms with Crippen molar-refractivity contribution in [3.63, 3.8) is 0 Å². The van der Waals surface area contributed by atoms with Crippen LogP contribution in [0.2, 0.25) is 0 Å². The number of nitrogens with zero attached hydrogens (tertiary/aromatic N) is 2. The Morgan fingerprint density at radius 3 is 1.89 bits per heavy atom. The molecule has 2 heteroatoms. The van der Waals surface area contributed by atoms with Crippen molar-refractivity contribution in [1.82, 2.24) is 9.80 Å². The Morgan fingerprint density at radius 1 is 0.679 bits per heavy atom. The third-order valence-corrected chi connectivity index (χ3v) is 5.46. The molecule has 1 unspecified atom stereocenters. The molecule has 0 amide bonds. The van der Waals surface area contributed by atoms with Crippen LogP contribution in [-0.2, 0) is 6.54 Å². The molecule has 142 valence electrons. The molecule has 4 rings (SSSR count). The molecule has 0 bridgehead atoms. The quantitative estimate of drug-likeness (QED) is 0.586. The normalized spacial score (nSPS) is 17.0. The predicted octanol–water partition coefficient (Wildman–Crippen LogP) is 5.26. The predicted molar refractivity (Wildman–Crippen MR) is 118 cm³/mol. The van der Waals surface area contributed by atoms with Gasteiger partial charge in [-0.2, -0.15) is 0 Å². The van der Waals surface area contributed by atoms with Gasteiger partial charge in [-0.3, -0.25) is 9.80 Å². The highest BCUT2D eigenvalue weighted by molar-refractivity contribution is 5.50. The van der Waals surface area contributed by atoms with E-state index in [0.717, 1.165) is 32.7 Å². The molecular formula is C26H28N2. The molecule has 0 saturated carbocycles. The second-order valence-electron chi connectivity index (χ2n) is 7.42. The van der Waals surface area contributed by atoms with Crippen LogP contribution in [0.4, 0.5) is 0 Å². The summed E-state index contributed by atoms with van der Waals surface area (Å²) in [5.41, 5.74) is 4.02. The molecule has 1 aliphatic rings. The highest BCUT2D eigenvalue weighted by atomic mass is 15.3. The maximum Gasteiger partial charge on any atom is 0.0535 e. The lowest BCUT2D eigenvalue weighted by atomic mass is 10.0. The van der Waals surface area contributed by atoms with E-state index in [1.54, 1.807) is 0 Å². The average Bonchev–Trinajstić information content (AvgIpc) is 2.77. The average molecular weight is 369 g/mol. The van der Waals surface area contributed by atoms with Gasteiger partial charge >= 0.3 is 0 Å². The molecule has 2 nitrogen and oxygen atoms in total. The number of benzene rings is 3. The summed E-state index contributed by atoms with van der Waals surface area (Å²) in [5.74, 6) is 0. The van der Waals surface area contributed by atoms with Gasteiger partial charge in [0.05, 0.1) is 6.04 Å². The first kappa shape index (κ1) is 18.7. The van der Waals surface area contributed by atoms with Crippen LogP contribution in [0.15, 0.2) is 97.1 Å². The Bertz CT molecular complexity index is 851. The fourth-order valence-corrected chi connectivity index (χ4v) is 3.90. The summed E-state index contributed by atoms with van der Waals surface area (Å²) in [6, 6.07) is 32.6. The molecule has 3 aromatic rings. The second-order valence-corrected chi connectivity index (χ2v) is 7.42. The molecule has 28 heavy (non-hydrogen) atoms. The Kier molecular flexibility index (Phi) is 6.33. The highest BCUT2D eigenvalue weighted by Gasteiger charge is 2.23. The van der Waals surface area contributed by atoms with E-state index >= 15 is 0 Å². The second kappa shape index (κ2) is 9.50. The van der Waals surface area contributed by atoms with Crippen molar-refractivity contribution in [2.24, 2.45) is 0 Å². The van der Waals surface area contributed by atoms with Crippen LogP contribution < -0.4 is 0 Å². The van der Waals surface area contributed by atoms with E-state index in [4.69, 9.17) is 0 Å². The third kappa shape index (κ3) is 4.98. The monoisotopic (exact) mass is 368 g/mol. The fraction of sp³-hybridized carbons (Fsp3) is 0.231. The van der Waals surface area contributed by atoms with E-state index in [-0.39, 0.29) is 0 Å². The van der Waals surface area contributed by atoms with Crippen molar-refractivity contribution >= 4 is 6.08 Å². The van der Waals surface area contributed by atoms with E-state index in [9.17, 15) is 0 Å². The molecular weight excluding hydrogens is 340 g/mol. The fourth-order valence-electron chi connectivity index (χ4n) is 3.90.